The van der Waals surface area contributed by atoms with E-state index in [9.17, 15) is 13.2 Å². The summed E-state index contributed by atoms with van der Waals surface area (Å²) in [5.41, 5.74) is 0.546. The van der Waals surface area contributed by atoms with Crippen LogP contribution in [-0.2, 0) is 10.1 Å². The lowest BCUT2D eigenvalue weighted by atomic mass is 10.3. The Balaban J connectivity index is 2.72. The van der Waals surface area contributed by atoms with Crippen molar-refractivity contribution in [1.82, 2.24) is 9.78 Å². The van der Waals surface area contributed by atoms with Crippen LogP contribution < -0.4 is 5.56 Å². The average Bonchev–Trinajstić information content (AvgIpc) is 2.59. The second kappa shape index (κ2) is 4.68. The highest BCUT2D eigenvalue weighted by Gasteiger charge is 2.18. The third-order valence-corrected chi connectivity index (χ3v) is 4.06. The van der Waals surface area contributed by atoms with Crippen molar-refractivity contribution in [3.05, 3.63) is 44.3 Å². The monoisotopic (exact) mass is 322 g/mol. The van der Waals surface area contributed by atoms with Gasteiger partial charge in [-0.2, -0.15) is 8.42 Å². The van der Waals surface area contributed by atoms with Crippen molar-refractivity contribution in [2.45, 2.75) is 11.8 Å². The first kappa shape index (κ1) is 14.1. The van der Waals surface area contributed by atoms with Crippen LogP contribution >= 0.6 is 23.2 Å². The predicted octanol–water partition coefficient (Wildman–Crippen LogP) is 2.03. The average molecular weight is 323 g/mol. The first-order valence-corrected chi connectivity index (χ1v) is 7.15. The first-order chi connectivity index (χ1) is 8.70. The van der Waals surface area contributed by atoms with Gasteiger partial charge in [-0.1, -0.05) is 23.2 Å². The van der Waals surface area contributed by atoms with Gasteiger partial charge in [0.05, 0.1) is 15.7 Å². The zero-order valence-corrected chi connectivity index (χ0v) is 11.8. The van der Waals surface area contributed by atoms with Gasteiger partial charge in [0, 0.05) is 11.8 Å². The van der Waals surface area contributed by atoms with E-state index in [1.165, 1.54) is 16.8 Å². The fraction of sp³-hybridized carbons (Fsp3) is 0.100. The standard InChI is InChI=1S/C10H8Cl2N2O4S/c1-5-2-10(15)13-14(5)8-3-7(12)9(4-6(8)11)19(16,17)18/h2-4H,1H3,(H,13,15)(H,16,17,18). The van der Waals surface area contributed by atoms with Crippen LogP contribution in [0.2, 0.25) is 10.0 Å². The van der Waals surface area contributed by atoms with Gasteiger partial charge >= 0.3 is 0 Å². The number of halogens is 2. The van der Waals surface area contributed by atoms with Crippen LogP contribution in [0.25, 0.3) is 5.69 Å². The number of nitrogens with zero attached hydrogens (tertiary/aromatic N) is 1. The van der Waals surface area contributed by atoms with Crippen LogP contribution in [0, 0.1) is 6.92 Å². The maximum Gasteiger partial charge on any atom is 0.296 e. The Hall–Kier alpha value is -1.28. The maximum atomic E-state index is 11.2. The lowest BCUT2D eigenvalue weighted by Gasteiger charge is -2.10. The molecule has 0 aliphatic rings. The molecule has 6 nitrogen and oxygen atoms in total. The molecule has 0 fully saturated rings. The quantitative estimate of drug-likeness (QED) is 0.827. The topological polar surface area (TPSA) is 92.2 Å². The summed E-state index contributed by atoms with van der Waals surface area (Å²) >= 11 is 11.7. The molecule has 0 atom stereocenters. The van der Waals surface area contributed by atoms with E-state index in [4.69, 9.17) is 27.8 Å². The third kappa shape index (κ3) is 2.69. The highest BCUT2D eigenvalue weighted by atomic mass is 35.5. The van der Waals surface area contributed by atoms with Crippen molar-refractivity contribution in [3.63, 3.8) is 0 Å². The van der Waals surface area contributed by atoms with E-state index < -0.39 is 15.0 Å². The fourth-order valence-corrected chi connectivity index (χ4v) is 2.96. The number of benzene rings is 1. The van der Waals surface area contributed by atoms with Gasteiger partial charge in [0.15, 0.2) is 0 Å². The van der Waals surface area contributed by atoms with Crippen molar-refractivity contribution in [1.29, 1.82) is 0 Å². The summed E-state index contributed by atoms with van der Waals surface area (Å²) < 4.78 is 32.5. The van der Waals surface area contributed by atoms with Gasteiger partial charge in [0.1, 0.15) is 4.90 Å². The summed E-state index contributed by atoms with van der Waals surface area (Å²) in [7, 11) is -4.46. The Morgan fingerprint density at radius 3 is 2.32 bits per heavy atom. The van der Waals surface area contributed by atoms with Crippen LogP contribution in [0.15, 0.2) is 27.9 Å². The van der Waals surface area contributed by atoms with Crippen LogP contribution in [0.5, 0.6) is 0 Å². The van der Waals surface area contributed by atoms with Crippen LogP contribution in [-0.4, -0.2) is 22.8 Å². The predicted molar refractivity (Wildman–Crippen MR) is 71.0 cm³/mol. The molecule has 1 heterocycles. The molecule has 0 aliphatic heterocycles. The molecule has 2 rings (SSSR count). The van der Waals surface area contributed by atoms with Gasteiger partial charge in [0.2, 0.25) is 0 Å². The van der Waals surface area contributed by atoms with Crippen LogP contribution in [0.3, 0.4) is 0 Å². The Morgan fingerprint density at radius 2 is 1.84 bits per heavy atom. The van der Waals surface area contributed by atoms with Gasteiger partial charge in [0.25, 0.3) is 15.7 Å². The lowest BCUT2D eigenvalue weighted by molar-refractivity contribution is 0.483. The molecule has 1 aromatic heterocycles. The Kier molecular flexibility index (Phi) is 3.48. The highest BCUT2D eigenvalue weighted by Crippen LogP contribution is 2.30. The molecule has 0 bridgehead atoms. The minimum atomic E-state index is -4.46. The largest absolute Gasteiger partial charge is 0.296 e. The van der Waals surface area contributed by atoms with Crippen molar-refractivity contribution in [3.8, 4) is 5.69 Å². The Morgan fingerprint density at radius 1 is 1.21 bits per heavy atom. The van der Waals surface area contributed by atoms with Gasteiger partial charge < -0.3 is 0 Å². The fourth-order valence-electron chi connectivity index (χ4n) is 1.62. The molecular formula is C10H8Cl2N2O4S. The molecule has 0 unspecified atom stereocenters. The zero-order chi connectivity index (χ0) is 14.4. The summed E-state index contributed by atoms with van der Waals surface area (Å²) in [6.45, 7) is 1.67. The first-order valence-electron chi connectivity index (χ1n) is 4.95. The number of H-pyrrole nitrogens is 1. The molecule has 0 amide bonds. The number of rotatable bonds is 2. The molecular weight excluding hydrogens is 315 g/mol. The smallest absolute Gasteiger partial charge is 0.282 e. The van der Waals surface area contributed by atoms with Crippen LogP contribution in [0.4, 0.5) is 0 Å². The number of hydrogen-bond donors (Lipinski definition) is 2. The molecule has 0 saturated heterocycles. The summed E-state index contributed by atoms with van der Waals surface area (Å²) in [4.78, 5) is 10.7. The number of hydrogen-bond acceptors (Lipinski definition) is 3. The highest BCUT2D eigenvalue weighted by molar-refractivity contribution is 7.86. The van der Waals surface area contributed by atoms with Crippen molar-refractivity contribution in [2.24, 2.45) is 0 Å². The van der Waals surface area contributed by atoms with Gasteiger partial charge in [-0.3, -0.25) is 19.1 Å². The Labute approximate surface area is 118 Å². The molecule has 0 spiro atoms. The summed E-state index contributed by atoms with van der Waals surface area (Å²) in [6.07, 6.45) is 0. The normalized spacial score (nSPS) is 11.8. The van der Waals surface area contributed by atoms with Gasteiger partial charge in [-0.05, 0) is 19.1 Å². The van der Waals surface area contributed by atoms with Crippen molar-refractivity contribution in [2.75, 3.05) is 0 Å². The van der Waals surface area contributed by atoms with E-state index in [0.29, 0.717) is 11.4 Å². The van der Waals surface area contributed by atoms with E-state index in [1.54, 1.807) is 6.92 Å². The van der Waals surface area contributed by atoms with E-state index in [-0.39, 0.29) is 15.6 Å². The van der Waals surface area contributed by atoms with Crippen molar-refractivity contribution >= 4 is 33.3 Å². The number of nitrogens with one attached hydrogen (secondary N) is 1. The minimum Gasteiger partial charge on any atom is -0.282 e. The molecule has 0 aliphatic carbocycles. The second-order valence-electron chi connectivity index (χ2n) is 3.81. The van der Waals surface area contributed by atoms with Crippen molar-refractivity contribution < 1.29 is 13.0 Å². The molecule has 2 N–H and O–H groups in total. The summed E-state index contributed by atoms with van der Waals surface area (Å²) in [5, 5.41) is 2.32. The molecule has 0 radical (unpaired) electrons. The zero-order valence-electron chi connectivity index (χ0n) is 9.52. The van der Waals surface area contributed by atoms with Gasteiger partial charge in [-0.25, -0.2) is 0 Å². The van der Waals surface area contributed by atoms with E-state index in [1.807, 2.05) is 0 Å². The number of aromatic amines is 1. The summed E-state index contributed by atoms with van der Waals surface area (Å²) in [6, 6.07) is 3.61. The summed E-state index contributed by atoms with van der Waals surface area (Å²) in [5.74, 6) is 0. The van der Waals surface area contributed by atoms with E-state index in [0.717, 1.165) is 6.07 Å². The lowest BCUT2D eigenvalue weighted by Crippen LogP contribution is -2.06. The Bertz CT molecular complexity index is 807. The maximum absolute atomic E-state index is 11.2. The molecule has 102 valence electrons. The SMILES string of the molecule is Cc1cc(=O)[nH]n1-c1cc(Cl)c(S(=O)(=O)O)cc1Cl. The number of aromatic nitrogens is 2. The molecule has 0 saturated carbocycles. The molecule has 9 heteroatoms. The second-order valence-corrected chi connectivity index (χ2v) is 6.01. The van der Waals surface area contributed by atoms with Crippen LogP contribution in [0.1, 0.15) is 5.69 Å². The number of aryl methyl sites for hydroxylation is 1. The van der Waals surface area contributed by atoms with E-state index in [2.05, 4.69) is 5.10 Å². The molecule has 19 heavy (non-hydrogen) atoms. The molecule has 1 aromatic carbocycles. The minimum absolute atomic E-state index is 0.0203. The molecule has 2 aromatic rings. The van der Waals surface area contributed by atoms with E-state index >= 15 is 0 Å². The van der Waals surface area contributed by atoms with Gasteiger partial charge in [-0.15, -0.1) is 0 Å². The third-order valence-electron chi connectivity index (χ3n) is 2.43.